The van der Waals surface area contributed by atoms with Crippen molar-refractivity contribution in [2.75, 3.05) is 0 Å². The zero-order valence-electron chi connectivity index (χ0n) is 12.1. The summed E-state index contributed by atoms with van der Waals surface area (Å²) in [5.41, 5.74) is 2.20. The van der Waals surface area contributed by atoms with E-state index in [0.29, 0.717) is 17.7 Å². The van der Waals surface area contributed by atoms with Crippen molar-refractivity contribution in [2.45, 2.75) is 19.4 Å². The van der Waals surface area contributed by atoms with Crippen LogP contribution < -0.4 is 0 Å². The molecule has 1 amide bonds. The van der Waals surface area contributed by atoms with Crippen LogP contribution in [0.2, 0.25) is 0 Å². The highest BCUT2D eigenvalue weighted by Gasteiger charge is 2.32. The van der Waals surface area contributed by atoms with Crippen molar-refractivity contribution >= 4 is 11.6 Å². The van der Waals surface area contributed by atoms with Gasteiger partial charge >= 0.3 is 0 Å². The Labute approximate surface area is 128 Å². The van der Waals surface area contributed by atoms with Gasteiger partial charge in [0.25, 0.3) is 0 Å². The minimum absolute atomic E-state index is 0.149. The zero-order chi connectivity index (χ0) is 15.7. The number of carbonyl (C=O) groups is 1. The number of phenols is 2. The van der Waals surface area contributed by atoms with Gasteiger partial charge in [-0.3, -0.25) is 4.79 Å². The van der Waals surface area contributed by atoms with E-state index in [1.54, 1.807) is 42.5 Å². The van der Waals surface area contributed by atoms with Crippen molar-refractivity contribution in [1.82, 2.24) is 5.01 Å². The molecule has 5 nitrogen and oxygen atoms in total. The smallest absolute Gasteiger partial charge is 0.240 e. The molecule has 1 aliphatic rings. The highest BCUT2D eigenvalue weighted by atomic mass is 16.3. The molecule has 2 aromatic carbocycles. The third kappa shape index (κ3) is 2.53. The van der Waals surface area contributed by atoms with E-state index in [-0.39, 0.29) is 23.4 Å². The second-order valence-corrected chi connectivity index (χ2v) is 5.24. The fourth-order valence-corrected chi connectivity index (χ4v) is 2.64. The molecule has 0 saturated carbocycles. The van der Waals surface area contributed by atoms with Gasteiger partial charge in [-0.1, -0.05) is 24.3 Å². The van der Waals surface area contributed by atoms with E-state index in [2.05, 4.69) is 5.10 Å². The van der Waals surface area contributed by atoms with Crippen LogP contribution in [0.5, 0.6) is 11.5 Å². The molecule has 1 aliphatic heterocycles. The van der Waals surface area contributed by atoms with Crippen LogP contribution in [0.3, 0.4) is 0 Å². The van der Waals surface area contributed by atoms with Gasteiger partial charge in [-0.25, -0.2) is 5.01 Å². The summed E-state index contributed by atoms with van der Waals surface area (Å²) >= 11 is 0. The van der Waals surface area contributed by atoms with Gasteiger partial charge in [0.05, 0.1) is 11.8 Å². The van der Waals surface area contributed by atoms with Crippen LogP contribution in [-0.4, -0.2) is 26.8 Å². The molecule has 2 N–H and O–H groups in total. The number of hydrazone groups is 1. The molecule has 0 aromatic heterocycles. The van der Waals surface area contributed by atoms with E-state index in [4.69, 9.17) is 0 Å². The van der Waals surface area contributed by atoms with E-state index in [0.717, 1.165) is 5.56 Å². The summed E-state index contributed by atoms with van der Waals surface area (Å²) in [6.45, 7) is 1.46. The minimum atomic E-state index is -0.229. The Hall–Kier alpha value is -2.82. The molecule has 1 unspecified atom stereocenters. The molecule has 1 heterocycles. The number of rotatable bonds is 2. The summed E-state index contributed by atoms with van der Waals surface area (Å²) in [6, 6.07) is 13.5. The van der Waals surface area contributed by atoms with Crippen molar-refractivity contribution in [3.05, 3.63) is 59.7 Å². The van der Waals surface area contributed by atoms with Crippen LogP contribution in [0.1, 0.15) is 30.5 Å². The number of para-hydroxylation sites is 1. The van der Waals surface area contributed by atoms with E-state index >= 15 is 0 Å². The van der Waals surface area contributed by atoms with Gasteiger partial charge in [-0.05, 0) is 29.8 Å². The molecule has 0 fully saturated rings. The maximum atomic E-state index is 11.9. The normalized spacial score (nSPS) is 17.4. The Balaban J connectivity index is 1.96. The monoisotopic (exact) mass is 296 g/mol. The minimum Gasteiger partial charge on any atom is -0.508 e. The first-order chi connectivity index (χ1) is 10.6. The molecule has 112 valence electrons. The van der Waals surface area contributed by atoms with Crippen LogP contribution >= 0.6 is 0 Å². The van der Waals surface area contributed by atoms with Gasteiger partial charge in [-0.2, -0.15) is 5.10 Å². The zero-order valence-corrected chi connectivity index (χ0v) is 12.1. The summed E-state index contributed by atoms with van der Waals surface area (Å²) in [7, 11) is 0. The van der Waals surface area contributed by atoms with Crippen molar-refractivity contribution in [2.24, 2.45) is 5.10 Å². The van der Waals surface area contributed by atoms with Crippen LogP contribution in [0.4, 0.5) is 0 Å². The number of aromatic hydroxyl groups is 2. The molecular weight excluding hydrogens is 280 g/mol. The predicted molar refractivity (Wildman–Crippen MR) is 82.6 cm³/mol. The van der Waals surface area contributed by atoms with Crippen LogP contribution in [0.15, 0.2) is 53.6 Å². The van der Waals surface area contributed by atoms with Gasteiger partial charge in [0.2, 0.25) is 5.91 Å². The van der Waals surface area contributed by atoms with E-state index in [1.165, 1.54) is 11.9 Å². The van der Waals surface area contributed by atoms with Gasteiger partial charge < -0.3 is 10.2 Å². The number of benzene rings is 2. The quantitative estimate of drug-likeness (QED) is 0.895. The molecule has 0 spiro atoms. The van der Waals surface area contributed by atoms with Gasteiger partial charge in [0, 0.05) is 18.9 Å². The molecule has 2 aromatic rings. The fourth-order valence-electron chi connectivity index (χ4n) is 2.64. The Morgan fingerprint density at radius 2 is 1.82 bits per heavy atom. The molecule has 5 heteroatoms. The van der Waals surface area contributed by atoms with E-state index in [9.17, 15) is 15.0 Å². The standard InChI is InChI=1S/C17H16N2O3/c1-11(20)19-16(12-6-8-13(21)9-7-12)10-15(18-19)14-4-2-3-5-17(14)22/h2-9,16,21-22H,10H2,1H3. The molecular formula is C17H16N2O3. The number of hydrogen-bond donors (Lipinski definition) is 2. The summed E-state index contributed by atoms with van der Waals surface area (Å²) in [6.07, 6.45) is 0.516. The van der Waals surface area contributed by atoms with Crippen LogP contribution in [-0.2, 0) is 4.79 Å². The lowest BCUT2D eigenvalue weighted by atomic mass is 9.98. The lowest BCUT2D eigenvalue weighted by Crippen LogP contribution is -2.24. The van der Waals surface area contributed by atoms with E-state index in [1.807, 2.05) is 6.07 Å². The number of nitrogens with zero attached hydrogens (tertiary/aromatic N) is 2. The second-order valence-electron chi connectivity index (χ2n) is 5.24. The molecule has 0 saturated heterocycles. The lowest BCUT2D eigenvalue weighted by molar-refractivity contribution is -0.130. The number of carbonyl (C=O) groups excluding carboxylic acids is 1. The van der Waals surface area contributed by atoms with Gasteiger partial charge in [-0.15, -0.1) is 0 Å². The van der Waals surface area contributed by atoms with Crippen molar-refractivity contribution in [3.63, 3.8) is 0 Å². The maximum absolute atomic E-state index is 11.9. The highest BCUT2D eigenvalue weighted by Crippen LogP contribution is 2.35. The van der Waals surface area contributed by atoms with Crippen molar-refractivity contribution in [3.8, 4) is 11.5 Å². The van der Waals surface area contributed by atoms with E-state index < -0.39 is 0 Å². The molecule has 0 aliphatic carbocycles. The average molecular weight is 296 g/mol. The summed E-state index contributed by atoms with van der Waals surface area (Å²) in [5.74, 6) is 0.164. The van der Waals surface area contributed by atoms with Gasteiger partial charge in [0.15, 0.2) is 0 Å². The van der Waals surface area contributed by atoms with Crippen LogP contribution in [0, 0.1) is 0 Å². The number of hydrogen-bond acceptors (Lipinski definition) is 4. The Bertz CT molecular complexity index is 738. The topological polar surface area (TPSA) is 73.1 Å². The SMILES string of the molecule is CC(=O)N1N=C(c2ccccc2O)CC1c1ccc(O)cc1. The largest absolute Gasteiger partial charge is 0.508 e. The molecule has 0 bridgehead atoms. The number of amides is 1. The van der Waals surface area contributed by atoms with Gasteiger partial charge in [0.1, 0.15) is 11.5 Å². The first-order valence-corrected chi connectivity index (χ1v) is 7.01. The number of phenolic OH excluding ortho intramolecular Hbond substituents is 2. The van der Waals surface area contributed by atoms with Crippen LogP contribution in [0.25, 0.3) is 0 Å². The first-order valence-electron chi connectivity index (χ1n) is 7.01. The lowest BCUT2D eigenvalue weighted by Gasteiger charge is -2.20. The average Bonchev–Trinajstić information content (AvgIpc) is 2.93. The Morgan fingerprint density at radius 1 is 1.14 bits per heavy atom. The summed E-state index contributed by atoms with van der Waals surface area (Å²) < 4.78 is 0. The molecule has 0 radical (unpaired) electrons. The second kappa shape index (κ2) is 5.52. The Morgan fingerprint density at radius 3 is 2.45 bits per heavy atom. The maximum Gasteiger partial charge on any atom is 0.240 e. The third-order valence-electron chi connectivity index (χ3n) is 3.73. The fraction of sp³-hybridized carbons (Fsp3) is 0.176. The van der Waals surface area contributed by atoms with Crippen molar-refractivity contribution < 1.29 is 15.0 Å². The summed E-state index contributed by atoms with van der Waals surface area (Å²) in [4.78, 5) is 11.9. The predicted octanol–water partition coefficient (Wildman–Crippen LogP) is 2.80. The molecule has 3 rings (SSSR count). The molecule has 1 atom stereocenters. The molecule has 22 heavy (non-hydrogen) atoms. The highest BCUT2D eigenvalue weighted by molar-refractivity contribution is 6.05. The van der Waals surface area contributed by atoms with Crippen molar-refractivity contribution in [1.29, 1.82) is 0 Å². The Kier molecular flexibility index (Phi) is 3.55. The third-order valence-corrected chi connectivity index (χ3v) is 3.73. The first kappa shape index (κ1) is 14.1. The summed E-state index contributed by atoms with van der Waals surface area (Å²) in [5, 5.41) is 25.2.